The molecule has 0 bridgehead atoms. The first-order chi connectivity index (χ1) is 16.0. The molecular formula is C23H17F2N7O. The first-order valence-corrected chi connectivity index (χ1v) is 10.2. The van der Waals surface area contributed by atoms with E-state index in [-0.39, 0.29) is 22.3 Å². The van der Waals surface area contributed by atoms with Crippen LogP contribution >= 0.6 is 0 Å². The van der Waals surface area contributed by atoms with E-state index in [1.807, 2.05) is 11.0 Å². The molecule has 164 valence electrons. The first kappa shape index (κ1) is 20.5. The lowest BCUT2D eigenvalue weighted by Crippen LogP contribution is -2.32. The number of benzene rings is 2. The molecule has 1 fully saturated rings. The van der Waals surface area contributed by atoms with Gasteiger partial charge in [-0.15, -0.1) is 0 Å². The predicted molar refractivity (Wildman–Crippen MR) is 118 cm³/mol. The summed E-state index contributed by atoms with van der Waals surface area (Å²) in [5.41, 5.74) is 5.77. The van der Waals surface area contributed by atoms with Gasteiger partial charge in [0.15, 0.2) is 5.82 Å². The molecule has 10 heteroatoms. The third-order valence-electron chi connectivity index (χ3n) is 5.72. The van der Waals surface area contributed by atoms with Crippen LogP contribution in [0.25, 0.3) is 16.6 Å². The van der Waals surface area contributed by atoms with Gasteiger partial charge in [0, 0.05) is 18.7 Å². The van der Waals surface area contributed by atoms with Crippen LogP contribution in [0.4, 0.5) is 20.4 Å². The number of nitrogens with zero attached hydrogens (tertiary/aromatic N) is 6. The minimum absolute atomic E-state index is 0.0456. The summed E-state index contributed by atoms with van der Waals surface area (Å²) in [6.45, 7) is 0.524. The predicted octanol–water partition coefficient (Wildman–Crippen LogP) is 3.25. The second-order valence-electron chi connectivity index (χ2n) is 7.65. The fourth-order valence-electron chi connectivity index (χ4n) is 4.30. The highest BCUT2D eigenvalue weighted by Gasteiger charge is 2.34. The van der Waals surface area contributed by atoms with Gasteiger partial charge >= 0.3 is 0 Å². The van der Waals surface area contributed by atoms with Gasteiger partial charge in [-0.25, -0.2) is 23.7 Å². The highest BCUT2D eigenvalue weighted by atomic mass is 19.1. The number of anilines is 2. The first-order valence-electron chi connectivity index (χ1n) is 10.2. The van der Waals surface area contributed by atoms with Crippen molar-refractivity contribution in [3.63, 3.8) is 0 Å². The van der Waals surface area contributed by atoms with Crippen LogP contribution in [0.3, 0.4) is 0 Å². The number of rotatable bonds is 3. The van der Waals surface area contributed by atoms with Crippen molar-refractivity contribution in [2.24, 2.45) is 0 Å². The highest BCUT2D eigenvalue weighted by molar-refractivity contribution is 5.79. The zero-order chi connectivity index (χ0) is 23.1. The average Bonchev–Trinajstić information content (AvgIpc) is 3.28. The highest BCUT2D eigenvalue weighted by Crippen LogP contribution is 2.37. The van der Waals surface area contributed by atoms with Gasteiger partial charge in [0.05, 0.1) is 17.2 Å². The summed E-state index contributed by atoms with van der Waals surface area (Å²) in [5.74, 6) is -1.13. The van der Waals surface area contributed by atoms with Crippen molar-refractivity contribution in [2.45, 2.75) is 18.9 Å². The van der Waals surface area contributed by atoms with E-state index in [4.69, 9.17) is 5.73 Å². The summed E-state index contributed by atoms with van der Waals surface area (Å²) in [6, 6.07) is 12.0. The summed E-state index contributed by atoms with van der Waals surface area (Å²) in [6.07, 6.45) is 2.57. The number of nitriles is 1. The van der Waals surface area contributed by atoms with Gasteiger partial charge in [-0.2, -0.15) is 5.26 Å². The lowest BCUT2D eigenvalue weighted by molar-refractivity contribution is 0.586. The summed E-state index contributed by atoms with van der Waals surface area (Å²) in [7, 11) is 0. The monoisotopic (exact) mass is 445 g/mol. The molecule has 0 radical (unpaired) electrons. The number of nitrogens with two attached hydrogens (primary N) is 1. The molecule has 33 heavy (non-hydrogen) atoms. The van der Waals surface area contributed by atoms with E-state index in [0.29, 0.717) is 36.4 Å². The van der Waals surface area contributed by atoms with Crippen molar-refractivity contribution in [3.8, 4) is 11.8 Å². The van der Waals surface area contributed by atoms with E-state index in [2.05, 4.69) is 15.0 Å². The Balaban J connectivity index is 1.80. The Morgan fingerprint density at radius 2 is 1.94 bits per heavy atom. The van der Waals surface area contributed by atoms with Crippen molar-refractivity contribution in [2.75, 3.05) is 17.2 Å². The molecule has 1 saturated heterocycles. The lowest BCUT2D eigenvalue weighted by atomic mass is 10.1. The van der Waals surface area contributed by atoms with Gasteiger partial charge in [0.25, 0.3) is 5.56 Å². The molecule has 0 aliphatic carbocycles. The van der Waals surface area contributed by atoms with Crippen LogP contribution in [0.15, 0.2) is 53.6 Å². The van der Waals surface area contributed by atoms with Crippen molar-refractivity contribution < 1.29 is 8.78 Å². The fraction of sp³-hybridized carbons (Fsp3) is 0.174. The molecule has 5 rings (SSSR count). The quantitative estimate of drug-likeness (QED) is 0.515. The minimum atomic E-state index is -0.975. The smallest absolute Gasteiger partial charge is 0.269 e. The molecule has 0 amide bonds. The molecule has 1 aliphatic heterocycles. The molecule has 2 aromatic carbocycles. The van der Waals surface area contributed by atoms with Crippen molar-refractivity contribution in [3.05, 3.63) is 82.2 Å². The van der Waals surface area contributed by atoms with Crippen molar-refractivity contribution in [1.29, 1.82) is 5.26 Å². The van der Waals surface area contributed by atoms with Gasteiger partial charge in [0.1, 0.15) is 46.6 Å². The van der Waals surface area contributed by atoms with Crippen LogP contribution in [0, 0.1) is 23.0 Å². The maximum Gasteiger partial charge on any atom is 0.269 e. The molecule has 0 unspecified atom stereocenters. The van der Waals surface area contributed by atoms with E-state index in [1.165, 1.54) is 10.9 Å². The SMILES string of the molecule is N#Cc1c(N)ncnc1N1CCC[C@H]1c1nc2cc(F)cc(F)c2c(=O)n1-c1ccccc1. The Bertz CT molecular complexity index is 1480. The van der Waals surface area contributed by atoms with Gasteiger partial charge < -0.3 is 10.6 Å². The normalized spacial score (nSPS) is 15.7. The number of halogens is 2. The van der Waals surface area contributed by atoms with Crippen molar-refractivity contribution in [1.82, 2.24) is 19.5 Å². The summed E-state index contributed by atoms with van der Waals surface area (Å²) >= 11 is 0. The summed E-state index contributed by atoms with van der Waals surface area (Å²) in [5, 5.41) is 9.31. The molecule has 0 spiro atoms. The number of para-hydroxylation sites is 1. The zero-order valence-electron chi connectivity index (χ0n) is 17.2. The molecule has 0 saturated carbocycles. The Morgan fingerprint density at radius 3 is 2.70 bits per heavy atom. The van der Waals surface area contributed by atoms with E-state index >= 15 is 0 Å². The second-order valence-corrected chi connectivity index (χ2v) is 7.65. The lowest BCUT2D eigenvalue weighted by Gasteiger charge is -2.28. The van der Waals surface area contributed by atoms with E-state index < -0.39 is 23.2 Å². The minimum Gasteiger partial charge on any atom is -0.382 e. The van der Waals surface area contributed by atoms with Crippen LogP contribution in [0.1, 0.15) is 30.3 Å². The molecule has 8 nitrogen and oxygen atoms in total. The molecule has 1 atom stereocenters. The van der Waals surface area contributed by atoms with Crippen LogP contribution in [0.2, 0.25) is 0 Å². The maximum absolute atomic E-state index is 14.6. The molecule has 2 aromatic heterocycles. The largest absolute Gasteiger partial charge is 0.382 e. The molecule has 3 heterocycles. The van der Waals surface area contributed by atoms with Gasteiger partial charge in [-0.1, -0.05) is 18.2 Å². The summed E-state index contributed by atoms with van der Waals surface area (Å²) < 4.78 is 29.9. The van der Waals surface area contributed by atoms with Crippen LogP contribution in [-0.4, -0.2) is 26.1 Å². The molecule has 2 N–H and O–H groups in total. The topological polar surface area (TPSA) is 114 Å². The molecule has 1 aliphatic rings. The number of hydrogen-bond acceptors (Lipinski definition) is 7. The molecule has 4 aromatic rings. The molecular weight excluding hydrogens is 428 g/mol. The van der Waals surface area contributed by atoms with Crippen LogP contribution in [0.5, 0.6) is 0 Å². The zero-order valence-corrected chi connectivity index (χ0v) is 17.2. The maximum atomic E-state index is 14.6. The third kappa shape index (κ3) is 3.34. The Labute approximate surface area is 186 Å². The Kier molecular flexibility index (Phi) is 4.94. The van der Waals surface area contributed by atoms with Gasteiger partial charge in [0.2, 0.25) is 0 Å². The number of aromatic nitrogens is 4. The standard InChI is InChI=1S/C23H17F2N7O/c24-13-9-16(25)19-17(10-13)30-22(32(23(19)33)14-5-2-1-3-6-14)18-7-4-8-31(18)21-15(11-26)20(27)28-12-29-21/h1-3,5-6,9-10,12,18H,4,7-8H2,(H2,27,28,29)/t18-/m0/s1. The Hall–Kier alpha value is -4.39. The van der Waals surface area contributed by atoms with E-state index in [1.54, 1.807) is 30.3 Å². The van der Waals surface area contributed by atoms with E-state index in [0.717, 1.165) is 12.5 Å². The number of fused-ring (bicyclic) bond motifs is 1. The van der Waals surface area contributed by atoms with Gasteiger partial charge in [-0.05, 0) is 25.0 Å². The fourth-order valence-corrected chi connectivity index (χ4v) is 4.30. The Morgan fingerprint density at radius 1 is 1.15 bits per heavy atom. The van der Waals surface area contributed by atoms with Crippen LogP contribution < -0.4 is 16.2 Å². The van der Waals surface area contributed by atoms with Gasteiger partial charge in [-0.3, -0.25) is 9.36 Å². The number of nitrogen functional groups attached to an aromatic ring is 1. The number of hydrogen-bond donors (Lipinski definition) is 1. The second kappa shape index (κ2) is 7.94. The summed E-state index contributed by atoms with van der Waals surface area (Å²) in [4.78, 5) is 28.0. The van der Waals surface area contributed by atoms with Crippen LogP contribution in [-0.2, 0) is 0 Å². The third-order valence-corrected chi connectivity index (χ3v) is 5.72. The van der Waals surface area contributed by atoms with E-state index in [9.17, 15) is 18.8 Å². The van der Waals surface area contributed by atoms with Crippen molar-refractivity contribution >= 4 is 22.5 Å². The average molecular weight is 445 g/mol.